The van der Waals surface area contributed by atoms with E-state index in [0.717, 1.165) is 18.3 Å². The van der Waals surface area contributed by atoms with Gasteiger partial charge in [-0.2, -0.15) is 11.8 Å². The summed E-state index contributed by atoms with van der Waals surface area (Å²) in [6, 6.07) is 0.239. The molecule has 0 unspecified atom stereocenters. The molecule has 0 radical (unpaired) electrons. The molecule has 0 aromatic heterocycles. The van der Waals surface area contributed by atoms with Gasteiger partial charge in [0, 0.05) is 32.4 Å². The molecular weight excluding hydrogens is 403 g/mol. The number of guanidine groups is 1. The van der Waals surface area contributed by atoms with Crippen molar-refractivity contribution in [2.75, 3.05) is 38.7 Å². The van der Waals surface area contributed by atoms with E-state index >= 15 is 0 Å². The maximum atomic E-state index is 11.8. The van der Waals surface area contributed by atoms with Gasteiger partial charge in [-0.25, -0.2) is 4.79 Å². The van der Waals surface area contributed by atoms with Crippen molar-refractivity contribution in [2.24, 2.45) is 4.99 Å². The van der Waals surface area contributed by atoms with Gasteiger partial charge in [0.05, 0.1) is 6.04 Å². The molecule has 1 aliphatic rings. The number of likely N-dealkylation sites (tertiary alicyclic amines) is 1. The zero-order valence-corrected chi connectivity index (χ0v) is 16.6. The van der Waals surface area contributed by atoms with Gasteiger partial charge in [0.1, 0.15) is 5.60 Å². The fraction of sp³-hybridized carbons (Fsp3) is 0.846. The van der Waals surface area contributed by atoms with Crippen molar-refractivity contribution < 1.29 is 9.53 Å². The van der Waals surface area contributed by atoms with E-state index in [1.54, 1.807) is 23.7 Å². The lowest BCUT2D eigenvalue weighted by molar-refractivity contribution is 0.00701. The number of amides is 1. The van der Waals surface area contributed by atoms with Crippen LogP contribution in [0.15, 0.2) is 4.99 Å². The van der Waals surface area contributed by atoms with Crippen LogP contribution in [0.4, 0.5) is 4.79 Å². The Bertz CT molecular complexity index is 355. The van der Waals surface area contributed by atoms with Gasteiger partial charge in [-0.1, -0.05) is 0 Å². The van der Waals surface area contributed by atoms with Gasteiger partial charge < -0.3 is 20.3 Å². The summed E-state index contributed by atoms with van der Waals surface area (Å²) >= 11 is 1.79. The highest BCUT2D eigenvalue weighted by molar-refractivity contribution is 14.0. The third-order valence-electron chi connectivity index (χ3n) is 2.70. The van der Waals surface area contributed by atoms with Crippen molar-refractivity contribution in [3.8, 4) is 0 Å². The van der Waals surface area contributed by atoms with Gasteiger partial charge in [0.2, 0.25) is 0 Å². The molecule has 0 aromatic carbocycles. The number of thioether (sulfide) groups is 1. The Morgan fingerprint density at radius 2 is 2.05 bits per heavy atom. The van der Waals surface area contributed by atoms with Crippen LogP contribution in [0, 0.1) is 0 Å². The predicted molar refractivity (Wildman–Crippen MR) is 99.9 cm³/mol. The summed E-state index contributed by atoms with van der Waals surface area (Å²) in [5.74, 6) is 1.82. The smallest absolute Gasteiger partial charge is 0.410 e. The molecule has 0 saturated carbocycles. The molecule has 1 heterocycles. The van der Waals surface area contributed by atoms with Gasteiger partial charge in [-0.3, -0.25) is 4.99 Å². The Kier molecular flexibility index (Phi) is 9.43. The molecule has 1 rings (SSSR count). The second kappa shape index (κ2) is 9.60. The van der Waals surface area contributed by atoms with Crippen molar-refractivity contribution >= 4 is 47.8 Å². The first-order chi connectivity index (χ1) is 9.35. The van der Waals surface area contributed by atoms with Gasteiger partial charge in [-0.15, -0.1) is 24.0 Å². The van der Waals surface area contributed by atoms with Gasteiger partial charge in [0.25, 0.3) is 0 Å². The van der Waals surface area contributed by atoms with Crippen LogP contribution in [0.3, 0.4) is 0 Å². The second-order valence-electron chi connectivity index (χ2n) is 5.72. The molecule has 6 nitrogen and oxygen atoms in total. The molecule has 1 aliphatic heterocycles. The zero-order chi connectivity index (χ0) is 15.2. The fourth-order valence-electron chi connectivity index (χ4n) is 1.70. The molecule has 1 saturated heterocycles. The number of carbonyl (C=O) groups is 1. The quantitative estimate of drug-likeness (QED) is 0.308. The van der Waals surface area contributed by atoms with E-state index in [1.807, 2.05) is 20.8 Å². The Hall–Kier alpha value is -0.380. The highest BCUT2D eigenvalue weighted by atomic mass is 127. The summed E-state index contributed by atoms with van der Waals surface area (Å²) in [6.07, 6.45) is 1.82. The first-order valence-corrected chi connectivity index (χ1v) is 8.19. The average Bonchev–Trinajstić information content (AvgIpc) is 2.28. The Morgan fingerprint density at radius 3 is 2.52 bits per heavy atom. The third-order valence-corrected chi connectivity index (χ3v) is 3.31. The van der Waals surface area contributed by atoms with Crippen LogP contribution in [0.5, 0.6) is 0 Å². The van der Waals surface area contributed by atoms with Crippen molar-refractivity contribution in [3.63, 3.8) is 0 Å². The molecule has 0 atom stereocenters. The number of hydrogen-bond acceptors (Lipinski definition) is 4. The fourth-order valence-corrected chi connectivity index (χ4v) is 2.01. The van der Waals surface area contributed by atoms with Gasteiger partial charge in [-0.05, 0) is 27.0 Å². The molecule has 2 N–H and O–H groups in total. The number of carbonyl (C=O) groups excluding carboxylic acids is 1. The lowest BCUT2D eigenvalue weighted by Gasteiger charge is -2.40. The summed E-state index contributed by atoms with van der Waals surface area (Å²) < 4.78 is 5.31. The summed E-state index contributed by atoms with van der Waals surface area (Å²) in [6.45, 7) is 7.80. The van der Waals surface area contributed by atoms with E-state index in [-0.39, 0.29) is 36.1 Å². The molecule has 8 heteroatoms. The zero-order valence-electron chi connectivity index (χ0n) is 13.4. The highest BCUT2D eigenvalue weighted by Gasteiger charge is 2.34. The van der Waals surface area contributed by atoms with E-state index in [2.05, 4.69) is 21.9 Å². The van der Waals surface area contributed by atoms with Crippen LogP contribution in [0.25, 0.3) is 0 Å². The second-order valence-corrected chi connectivity index (χ2v) is 6.70. The minimum absolute atomic E-state index is 0. The summed E-state index contributed by atoms with van der Waals surface area (Å²) in [5.41, 5.74) is -0.439. The lowest BCUT2D eigenvalue weighted by atomic mass is 10.1. The molecule has 1 fully saturated rings. The van der Waals surface area contributed by atoms with E-state index in [4.69, 9.17) is 4.74 Å². The first kappa shape index (κ1) is 20.6. The Balaban J connectivity index is 0.00000400. The molecule has 0 spiro atoms. The van der Waals surface area contributed by atoms with Crippen LogP contribution >= 0.6 is 35.7 Å². The summed E-state index contributed by atoms with van der Waals surface area (Å²) in [5, 5.41) is 6.53. The molecule has 1 amide bonds. The van der Waals surface area contributed by atoms with Crippen molar-refractivity contribution in [3.05, 3.63) is 0 Å². The van der Waals surface area contributed by atoms with E-state index in [0.29, 0.717) is 13.1 Å². The third kappa shape index (κ3) is 7.98. The number of rotatable bonds is 4. The van der Waals surface area contributed by atoms with Crippen LogP contribution in [-0.4, -0.2) is 67.3 Å². The monoisotopic (exact) mass is 430 g/mol. The molecule has 0 aromatic rings. The van der Waals surface area contributed by atoms with Crippen LogP contribution in [0.2, 0.25) is 0 Å². The Morgan fingerprint density at radius 1 is 1.43 bits per heavy atom. The minimum atomic E-state index is -0.439. The molecule has 124 valence electrons. The van der Waals surface area contributed by atoms with E-state index < -0.39 is 5.60 Å². The Labute approximate surface area is 148 Å². The van der Waals surface area contributed by atoms with Crippen molar-refractivity contribution in [1.29, 1.82) is 0 Å². The maximum Gasteiger partial charge on any atom is 0.410 e. The lowest BCUT2D eigenvalue weighted by Crippen LogP contribution is -2.63. The minimum Gasteiger partial charge on any atom is -0.444 e. The number of nitrogens with one attached hydrogen (secondary N) is 2. The van der Waals surface area contributed by atoms with Gasteiger partial charge >= 0.3 is 6.09 Å². The predicted octanol–water partition coefficient (Wildman–Crippen LogP) is 1.75. The maximum absolute atomic E-state index is 11.8. The summed E-state index contributed by atoms with van der Waals surface area (Å²) in [7, 11) is 1.75. The van der Waals surface area contributed by atoms with E-state index in [9.17, 15) is 4.79 Å². The summed E-state index contributed by atoms with van der Waals surface area (Å²) in [4.78, 5) is 17.6. The standard InChI is InChI=1S/C13H26N4O2S.HI/c1-13(2,3)19-12(18)17-8-10(9-17)16-11(14-4)15-6-7-20-5;/h10H,6-9H2,1-5H3,(H2,14,15,16);1H. The molecule has 21 heavy (non-hydrogen) atoms. The number of hydrogen-bond donors (Lipinski definition) is 2. The first-order valence-electron chi connectivity index (χ1n) is 6.79. The molecule has 0 aliphatic carbocycles. The largest absolute Gasteiger partial charge is 0.444 e. The average molecular weight is 430 g/mol. The van der Waals surface area contributed by atoms with Crippen molar-refractivity contribution in [2.45, 2.75) is 32.4 Å². The number of ether oxygens (including phenoxy) is 1. The SMILES string of the molecule is CN=C(NCCSC)NC1CN(C(=O)OC(C)(C)C)C1.I. The van der Waals surface area contributed by atoms with Crippen molar-refractivity contribution in [1.82, 2.24) is 15.5 Å². The number of halogens is 1. The van der Waals surface area contributed by atoms with Crippen LogP contribution in [0.1, 0.15) is 20.8 Å². The number of nitrogens with zero attached hydrogens (tertiary/aromatic N) is 2. The molecule has 0 bridgehead atoms. The normalized spacial score (nSPS) is 15.9. The van der Waals surface area contributed by atoms with Crippen LogP contribution < -0.4 is 10.6 Å². The molecular formula is C13H27IN4O2S. The van der Waals surface area contributed by atoms with Crippen LogP contribution in [-0.2, 0) is 4.74 Å². The van der Waals surface area contributed by atoms with E-state index in [1.165, 1.54) is 0 Å². The topological polar surface area (TPSA) is 66.0 Å². The number of aliphatic imine (C=N–C) groups is 1. The highest BCUT2D eigenvalue weighted by Crippen LogP contribution is 2.15. The van der Waals surface area contributed by atoms with Gasteiger partial charge in [0.15, 0.2) is 5.96 Å².